The molecule has 4 unspecified atom stereocenters. The fraction of sp³-hybridized carbons (Fsp3) is 0.520. The van der Waals surface area contributed by atoms with Crippen molar-refractivity contribution >= 4 is 35.6 Å². The van der Waals surface area contributed by atoms with Crippen LogP contribution in [0, 0.1) is 5.92 Å². The second-order valence-corrected chi connectivity index (χ2v) is 9.55. The number of hydrogen-bond donors (Lipinski definition) is 9. The molecule has 0 aliphatic rings. The Hall–Kier alpha value is -4.40. The first-order valence-corrected chi connectivity index (χ1v) is 12.7. The molecule has 40 heavy (non-hydrogen) atoms. The summed E-state index contributed by atoms with van der Waals surface area (Å²) in [4.78, 5) is 65.3. The van der Waals surface area contributed by atoms with Crippen molar-refractivity contribution in [1.29, 1.82) is 0 Å². The van der Waals surface area contributed by atoms with Gasteiger partial charge in [0, 0.05) is 19.4 Å². The van der Waals surface area contributed by atoms with Crippen LogP contribution >= 0.6 is 0 Å². The van der Waals surface area contributed by atoms with Crippen LogP contribution in [0.15, 0.2) is 29.3 Å². The lowest BCUT2D eigenvalue weighted by atomic mass is 10.0. The number of phenols is 1. The Bertz CT molecular complexity index is 1060. The van der Waals surface area contributed by atoms with Gasteiger partial charge < -0.3 is 48.5 Å². The molecule has 0 radical (unpaired) electrons. The SMILES string of the molecule is CC(C)C(NC(=O)C(N)CCC(=O)O)C(=O)NC(CCCN=C(N)N)C(=O)NC(Cc1ccc(O)cc1)C(=O)O. The minimum atomic E-state index is -1.35. The number of aliphatic imine (C=N–C) groups is 1. The third kappa shape index (κ3) is 12.4. The van der Waals surface area contributed by atoms with E-state index in [0.717, 1.165) is 0 Å². The first-order valence-electron chi connectivity index (χ1n) is 12.7. The number of carboxylic acid groups (broad SMARTS) is 2. The summed E-state index contributed by atoms with van der Waals surface area (Å²) in [6.07, 6.45) is -0.266. The Morgan fingerprint density at radius 1 is 0.875 bits per heavy atom. The maximum atomic E-state index is 13.2. The normalized spacial score (nSPS) is 13.8. The predicted octanol–water partition coefficient (Wildman–Crippen LogP) is -1.62. The summed E-state index contributed by atoms with van der Waals surface area (Å²) < 4.78 is 0. The number of guanidine groups is 1. The third-order valence-corrected chi connectivity index (χ3v) is 5.82. The van der Waals surface area contributed by atoms with Gasteiger partial charge >= 0.3 is 11.9 Å². The number of carbonyl (C=O) groups is 5. The first kappa shape index (κ1) is 33.6. The molecule has 222 valence electrons. The van der Waals surface area contributed by atoms with E-state index in [1.165, 1.54) is 24.3 Å². The molecule has 0 heterocycles. The lowest BCUT2D eigenvalue weighted by Gasteiger charge is -2.27. The van der Waals surface area contributed by atoms with E-state index in [0.29, 0.717) is 5.56 Å². The van der Waals surface area contributed by atoms with E-state index < -0.39 is 59.7 Å². The quantitative estimate of drug-likeness (QED) is 0.0587. The van der Waals surface area contributed by atoms with Crippen LogP contribution in [-0.2, 0) is 30.4 Å². The molecular weight excluding hydrogens is 526 g/mol. The van der Waals surface area contributed by atoms with Crippen LogP contribution in [0.3, 0.4) is 0 Å². The van der Waals surface area contributed by atoms with Crippen molar-refractivity contribution < 1.29 is 39.3 Å². The molecule has 0 aliphatic heterocycles. The van der Waals surface area contributed by atoms with Crippen molar-refractivity contribution in [1.82, 2.24) is 16.0 Å². The average Bonchev–Trinajstić information content (AvgIpc) is 2.87. The lowest BCUT2D eigenvalue weighted by Crippen LogP contribution is -2.58. The molecule has 0 spiro atoms. The van der Waals surface area contributed by atoms with Gasteiger partial charge in [-0.3, -0.25) is 24.2 Å². The Balaban J connectivity index is 3.04. The molecule has 12 N–H and O–H groups in total. The number of nitrogens with zero attached hydrogens (tertiary/aromatic N) is 1. The third-order valence-electron chi connectivity index (χ3n) is 5.82. The van der Waals surface area contributed by atoms with Crippen LogP contribution in [-0.4, -0.2) is 81.7 Å². The highest BCUT2D eigenvalue weighted by molar-refractivity contribution is 5.94. The van der Waals surface area contributed by atoms with E-state index in [4.69, 9.17) is 22.3 Å². The van der Waals surface area contributed by atoms with E-state index in [1.54, 1.807) is 13.8 Å². The number of carboxylic acids is 2. The van der Waals surface area contributed by atoms with E-state index in [-0.39, 0.29) is 50.4 Å². The number of nitrogens with two attached hydrogens (primary N) is 3. The molecule has 15 nitrogen and oxygen atoms in total. The van der Waals surface area contributed by atoms with Gasteiger partial charge in [-0.25, -0.2) is 4.79 Å². The minimum absolute atomic E-state index is 0.00199. The van der Waals surface area contributed by atoms with Gasteiger partial charge in [0.05, 0.1) is 6.04 Å². The van der Waals surface area contributed by atoms with E-state index >= 15 is 0 Å². The summed E-state index contributed by atoms with van der Waals surface area (Å²) in [6.45, 7) is 3.44. The molecular formula is C25H39N7O8. The molecule has 3 amide bonds. The number of aliphatic carboxylic acids is 2. The number of nitrogens with one attached hydrogen (secondary N) is 3. The van der Waals surface area contributed by atoms with Gasteiger partial charge in [-0.05, 0) is 42.9 Å². The Labute approximate surface area is 231 Å². The second kappa shape index (κ2) is 16.5. The van der Waals surface area contributed by atoms with Gasteiger partial charge in [-0.1, -0.05) is 26.0 Å². The minimum Gasteiger partial charge on any atom is -0.508 e. The summed E-state index contributed by atoms with van der Waals surface area (Å²) in [7, 11) is 0. The fourth-order valence-corrected chi connectivity index (χ4v) is 3.58. The van der Waals surface area contributed by atoms with Crippen LogP contribution in [0.2, 0.25) is 0 Å². The van der Waals surface area contributed by atoms with Gasteiger partial charge in [0.2, 0.25) is 17.7 Å². The molecule has 0 fully saturated rings. The topological polar surface area (TPSA) is 273 Å². The molecule has 1 rings (SSSR count). The van der Waals surface area contributed by atoms with Crippen molar-refractivity contribution in [2.45, 2.75) is 70.1 Å². The molecule has 0 aromatic heterocycles. The maximum Gasteiger partial charge on any atom is 0.326 e. The second-order valence-electron chi connectivity index (χ2n) is 9.55. The Kier molecular flexibility index (Phi) is 13.9. The molecule has 0 saturated heterocycles. The highest BCUT2D eigenvalue weighted by Crippen LogP contribution is 2.12. The molecule has 1 aromatic rings. The molecule has 0 bridgehead atoms. The first-order chi connectivity index (χ1) is 18.7. The Morgan fingerprint density at radius 2 is 1.48 bits per heavy atom. The molecule has 15 heteroatoms. The number of amides is 3. The van der Waals surface area contributed by atoms with Crippen LogP contribution in [0.25, 0.3) is 0 Å². The fourth-order valence-electron chi connectivity index (χ4n) is 3.58. The molecule has 1 aromatic carbocycles. The smallest absolute Gasteiger partial charge is 0.326 e. The van der Waals surface area contributed by atoms with Gasteiger partial charge in [-0.15, -0.1) is 0 Å². The zero-order chi connectivity index (χ0) is 30.4. The summed E-state index contributed by atoms with van der Waals surface area (Å²) in [5, 5.41) is 35.4. The standard InChI is InChI=1S/C25H39N7O8/c1-13(2)20(32-21(36)16(26)9-10-19(34)35)23(38)30-17(4-3-11-29-25(27)28)22(37)31-18(24(39)40)12-14-5-7-15(33)8-6-14/h5-8,13,16-18,20,33H,3-4,9-12,26H2,1-2H3,(H,30,38)(H,31,37)(H,32,36)(H,34,35)(H,39,40)(H4,27,28,29). The number of aromatic hydroxyl groups is 1. The number of hydrogen-bond acceptors (Lipinski definition) is 8. The van der Waals surface area contributed by atoms with Crippen LogP contribution in [0.1, 0.15) is 45.1 Å². The van der Waals surface area contributed by atoms with Crippen molar-refractivity contribution in [2.75, 3.05) is 6.54 Å². The van der Waals surface area contributed by atoms with Gasteiger partial charge in [0.15, 0.2) is 5.96 Å². The maximum absolute atomic E-state index is 13.2. The van der Waals surface area contributed by atoms with Crippen LogP contribution < -0.4 is 33.2 Å². The number of rotatable bonds is 17. The van der Waals surface area contributed by atoms with E-state index in [9.17, 15) is 34.2 Å². The van der Waals surface area contributed by atoms with Crippen molar-refractivity contribution in [3.05, 3.63) is 29.8 Å². The number of carbonyl (C=O) groups excluding carboxylic acids is 3. The summed E-state index contributed by atoms with van der Waals surface area (Å²) in [6, 6.07) is 0.965. The molecule has 0 saturated carbocycles. The summed E-state index contributed by atoms with van der Waals surface area (Å²) in [5.74, 6) is -5.27. The van der Waals surface area contributed by atoms with Crippen molar-refractivity contribution in [3.8, 4) is 5.75 Å². The van der Waals surface area contributed by atoms with Crippen LogP contribution in [0.4, 0.5) is 0 Å². The molecule has 0 aliphatic carbocycles. The van der Waals surface area contributed by atoms with E-state index in [2.05, 4.69) is 20.9 Å². The monoisotopic (exact) mass is 565 g/mol. The Morgan fingerprint density at radius 3 is 2.00 bits per heavy atom. The van der Waals surface area contributed by atoms with Gasteiger partial charge in [0.1, 0.15) is 23.9 Å². The van der Waals surface area contributed by atoms with Gasteiger partial charge in [0.25, 0.3) is 0 Å². The van der Waals surface area contributed by atoms with E-state index in [1.807, 2.05) is 0 Å². The average molecular weight is 566 g/mol. The van der Waals surface area contributed by atoms with Gasteiger partial charge in [-0.2, -0.15) is 0 Å². The lowest BCUT2D eigenvalue weighted by molar-refractivity contribution is -0.142. The highest BCUT2D eigenvalue weighted by Gasteiger charge is 2.31. The number of benzene rings is 1. The molecule has 4 atom stereocenters. The summed E-state index contributed by atoms with van der Waals surface area (Å²) >= 11 is 0. The summed E-state index contributed by atoms with van der Waals surface area (Å²) in [5.41, 5.74) is 16.9. The number of phenolic OH excluding ortho intramolecular Hbond substituents is 1. The zero-order valence-corrected chi connectivity index (χ0v) is 22.5. The zero-order valence-electron chi connectivity index (χ0n) is 22.5. The predicted molar refractivity (Wildman–Crippen MR) is 145 cm³/mol. The van der Waals surface area contributed by atoms with Crippen molar-refractivity contribution in [3.63, 3.8) is 0 Å². The van der Waals surface area contributed by atoms with Crippen molar-refractivity contribution in [2.24, 2.45) is 28.1 Å². The van der Waals surface area contributed by atoms with Crippen LogP contribution in [0.5, 0.6) is 5.75 Å². The highest BCUT2D eigenvalue weighted by atomic mass is 16.4. The largest absolute Gasteiger partial charge is 0.508 e.